The Morgan fingerprint density at radius 2 is 1.87 bits per heavy atom. The van der Waals surface area contributed by atoms with Crippen LogP contribution in [-0.2, 0) is 24.0 Å². The molecule has 4 rings (SSSR count). The number of carboxylic acids is 1. The zero-order valence-electron chi connectivity index (χ0n) is 19.3. The summed E-state index contributed by atoms with van der Waals surface area (Å²) in [5.74, 6) is -3.06. The van der Waals surface area contributed by atoms with E-state index in [2.05, 4.69) is 15.0 Å². The highest BCUT2D eigenvalue weighted by atomic mass is 32.2. The number of carbonyl (C=O) groups excluding carboxylic acids is 3. The van der Waals surface area contributed by atoms with Crippen molar-refractivity contribution >= 4 is 44.9 Å². The molecular weight excluding hydrogens is 528 g/mol. The fraction of sp³-hybridized carbons (Fsp3) is 0.333. The summed E-state index contributed by atoms with van der Waals surface area (Å²) in [5.41, 5.74) is 5.96. The number of nitrogen functional groups attached to an aromatic ring is 1. The Kier molecular flexibility index (Phi) is 7.65. The van der Waals surface area contributed by atoms with E-state index in [1.54, 1.807) is 4.72 Å². The first-order valence-corrected chi connectivity index (χ1v) is 12.4. The molecule has 0 spiro atoms. The summed E-state index contributed by atoms with van der Waals surface area (Å²) >= 11 is 0. The second-order valence-electron chi connectivity index (χ2n) is 8.18. The van der Waals surface area contributed by atoms with Gasteiger partial charge in [0, 0.05) is 18.4 Å². The highest BCUT2D eigenvalue weighted by Gasteiger charge is 2.45. The molecule has 1 aromatic carbocycles. The van der Waals surface area contributed by atoms with Crippen molar-refractivity contribution in [2.45, 2.75) is 37.4 Å². The van der Waals surface area contributed by atoms with Crippen molar-refractivity contribution in [2.24, 2.45) is 0 Å². The molecule has 202 valence electrons. The number of nitrogens with one attached hydrogen (secondary N) is 1. The van der Waals surface area contributed by atoms with E-state index in [9.17, 15) is 38.1 Å². The third kappa shape index (κ3) is 5.76. The van der Waals surface area contributed by atoms with Crippen LogP contribution in [-0.4, -0.2) is 80.7 Å². The van der Waals surface area contributed by atoms with Gasteiger partial charge in [-0.15, -0.1) is 0 Å². The van der Waals surface area contributed by atoms with Crippen LogP contribution in [0.2, 0.25) is 0 Å². The molecule has 1 fully saturated rings. The Morgan fingerprint density at radius 1 is 1.13 bits per heavy atom. The summed E-state index contributed by atoms with van der Waals surface area (Å²) in [7, 11) is -4.68. The molecule has 1 aliphatic heterocycles. The predicted molar refractivity (Wildman–Crippen MR) is 123 cm³/mol. The number of carbonyl (C=O) groups is 3. The number of hydrogen-bond acceptors (Lipinski definition) is 14. The van der Waals surface area contributed by atoms with Crippen LogP contribution in [0.3, 0.4) is 0 Å². The van der Waals surface area contributed by atoms with Gasteiger partial charge in [0.15, 0.2) is 23.5 Å². The first-order valence-electron chi connectivity index (χ1n) is 11.0. The van der Waals surface area contributed by atoms with E-state index in [0.29, 0.717) is 0 Å². The Labute approximate surface area is 214 Å². The average Bonchev–Trinajstić information content (AvgIpc) is 3.43. The van der Waals surface area contributed by atoms with Crippen molar-refractivity contribution in [3.8, 4) is 0 Å². The number of imidazole rings is 1. The molecule has 5 N–H and O–H groups in total. The number of ether oxygens (including phenoxy) is 1. The van der Waals surface area contributed by atoms with Crippen LogP contribution in [0.25, 0.3) is 11.2 Å². The Hall–Kier alpha value is -4.03. The molecule has 3 aromatic rings. The number of aromatic carboxylic acids is 1. The molecule has 17 heteroatoms. The number of anilines is 1. The SMILES string of the molecule is Nc1ncnc2c1ncn2[C@@H]1O[C@H](COS(=O)(=O)NC(=O)CCC(=O)c2cccc(C(=O)[O-])c2)[C@@H](O)[C@H]1O. The number of aromatic nitrogens is 4. The van der Waals surface area contributed by atoms with E-state index < -0.39 is 72.0 Å². The van der Waals surface area contributed by atoms with E-state index in [4.69, 9.17) is 14.7 Å². The monoisotopic (exact) mass is 549 g/mol. The normalized spacial score (nSPS) is 21.4. The van der Waals surface area contributed by atoms with Gasteiger partial charge in [-0.25, -0.2) is 19.7 Å². The minimum Gasteiger partial charge on any atom is -0.545 e. The number of amides is 1. The molecule has 2 aromatic heterocycles. The molecule has 0 radical (unpaired) electrons. The van der Waals surface area contributed by atoms with Crippen LogP contribution in [0, 0.1) is 0 Å². The maximum atomic E-state index is 12.2. The molecule has 1 amide bonds. The second-order valence-corrected chi connectivity index (χ2v) is 9.53. The van der Waals surface area contributed by atoms with Gasteiger partial charge >= 0.3 is 10.3 Å². The van der Waals surface area contributed by atoms with Crippen LogP contribution in [0.15, 0.2) is 36.9 Å². The van der Waals surface area contributed by atoms with Crippen LogP contribution in [0.4, 0.5) is 5.82 Å². The van der Waals surface area contributed by atoms with Crippen LogP contribution in [0.5, 0.6) is 0 Å². The highest BCUT2D eigenvalue weighted by molar-refractivity contribution is 7.85. The molecule has 1 saturated heterocycles. The summed E-state index contributed by atoms with van der Waals surface area (Å²) in [6, 6.07) is 4.99. The molecule has 38 heavy (non-hydrogen) atoms. The number of aliphatic hydroxyl groups is 2. The van der Waals surface area contributed by atoms with Crippen molar-refractivity contribution in [3.05, 3.63) is 48.0 Å². The van der Waals surface area contributed by atoms with Crippen molar-refractivity contribution in [3.63, 3.8) is 0 Å². The number of Topliss-reactive ketones (excluding diaryl/α,β-unsaturated/α-hetero) is 1. The number of carboxylic acid groups (broad SMARTS) is 1. The van der Waals surface area contributed by atoms with E-state index in [-0.39, 0.29) is 28.1 Å². The molecule has 0 aliphatic carbocycles. The Bertz CT molecular complexity index is 1490. The Balaban J connectivity index is 1.31. The zero-order valence-corrected chi connectivity index (χ0v) is 20.1. The fourth-order valence-electron chi connectivity index (χ4n) is 3.72. The number of ketones is 1. The lowest BCUT2D eigenvalue weighted by atomic mass is 10.0. The van der Waals surface area contributed by atoms with Gasteiger partial charge in [0.05, 0.1) is 18.9 Å². The zero-order chi connectivity index (χ0) is 27.6. The van der Waals surface area contributed by atoms with E-state index >= 15 is 0 Å². The van der Waals surface area contributed by atoms with Crippen LogP contribution < -0.4 is 15.6 Å². The third-order valence-corrected chi connectivity index (χ3v) is 6.55. The topological polar surface area (TPSA) is 249 Å². The number of hydrogen-bond donors (Lipinski definition) is 4. The number of nitrogens with two attached hydrogens (primary N) is 1. The molecular formula is C21H21N6O10S-. The van der Waals surface area contributed by atoms with Gasteiger partial charge in [-0.2, -0.15) is 8.42 Å². The number of rotatable bonds is 10. The molecule has 4 atom stereocenters. The number of aliphatic hydroxyl groups excluding tert-OH is 2. The van der Waals surface area contributed by atoms with E-state index in [0.717, 1.165) is 6.07 Å². The van der Waals surface area contributed by atoms with Gasteiger partial charge in [-0.1, -0.05) is 18.2 Å². The summed E-state index contributed by atoms with van der Waals surface area (Å²) in [6.45, 7) is -0.768. The molecule has 1 aliphatic rings. The predicted octanol–water partition coefficient (Wildman–Crippen LogP) is -2.57. The quantitative estimate of drug-likeness (QED) is 0.190. The van der Waals surface area contributed by atoms with E-state index in [1.165, 1.54) is 35.4 Å². The van der Waals surface area contributed by atoms with Crippen molar-refractivity contribution < 1.29 is 47.0 Å². The van der Waals surface area contributed by atoms with Gasteiger partial charge in [-0.05, 0) is 11.6 Å². The minimum atomic E-state index is -4.68. The van der Waals surface area contributed by atoms with Gasteiger partial charge in [0.1, 0.15) is 30.2 Å². The Morgan fingerprint density at radius 3 is 2.61 bits per heavy atom. The fourth-order valence-corrected chi connectivity index (χ4v) is 4.47. The smallest absolute Gasteiger partial charge is 0.362 e. The lowest BCUT2D eigenvalue weighted by molar-refractivity contribution is -0.255. The summed E-state index contributed by atoms with van der Waals surface area (Å²) < 4.78 is 37.6. The van der Waals surface area contributed by atoms with Gasteiger partial charge in [-0.3, -0.25) is 18.3 Å². The lowest BCUT2D eigenvalue weighted by Gasteiger charge is -2.16. The van der Waals surface area contributed by atoms with Crippen LogP contribution in [0.1, 0.15) is 39.8 Å². The highest BCUT2D eigenvalue weighted by Crippen LogP contribution is 2.32. The molecule has 16 nitrogen and oxygen atoms in total. The molecule has 3 heterocycles. The first-order chi connectivity index (χ1) is 18.0. The number of fused-ring (bicyclic) bond motifs is 1. The van der Waals surface area contributed by atoms with E-state index in [1.807, 2.05) is 0 Å². The largest absolute Gasteiger partial charge is 0.545 e. The average molecular weight is 549 g/mol. The van der Waals surface area contributed by atoms with Gasteiger partial charge in [0.25, 0.3) is 0 Å². The molecule has 0 bridgehead atoms. The molecule has 0 unspecified atom stereocenters. The minimum absolute atomic E-state index is 0.0129. The molecule has 0 saturated carbocycles. The van der Waals surface area contributed by atoms with Gasteiger partial charge in [0.2, 0.25) is 5.91 Å². The maximum absolute atomic E-state index is 12.2. The van der Waals surface area contributed by atoms with Crippen molar-refractivity contribution in [1.82, 2.24) is 24.2 Å². The van der Waals surface area contributed by atoms with Crippen molar-refractivity contribution in [2.75, 3.05) is 12.3 Å². The number of nitrogens with zero attached hydrogens (tertiary/aromatic N) is 4. The van der Waals surface area contributed by atoms with Crippen molar-refractivity contribution in [1.29, 1.82) is 0 Å². The van der Waals surface area contributed by atoms with Crippen LogP contribution >= 0.6 is 0 Å². The van der Waals surface area contributed by atoms with Gasteiger partial charge < -0.3 is 30.6 Å². The lowest BCUT2D eigenvalue weighted by Crippen LogP contribution is -2.37. The third-order valence-electron chi connectivity index (χ3n) is 5.62. The second kappa shape index (κ2) is 10.8. The first kappa shape index (κ1) is 27.0. The number of benzene rings is 1. The standard InChI is InChI=1S/C21H22N6O10S/c22-18-15-19(24-8-23-18)27(9-25-15)20-17(31)16(30)13(37-20)7-36-38(34,35)26-14(29)5-4-12(28)10-2-1-3-11(6-10)21(32)33/h1-3,6,8-9,13,16-17,20,30-31H,4-5,7H2,(H,26,29)(H,32,33)(H2,22,23,24)/p-1/t13-,16-,17-,20-/m1/s1. The summed E-state index contributed by atoms with van der Waals surface area (Å²) in [5, 5.41) is 31.7. The summed E-state index contributed by atoms with van der Waals surface area (Å²) in [4.78, 5) is 47.1. The summed E-state index contributed by atoms with van der Waals surface area (Å²) in [6.07, 6.45) is -4.16. The maximum Gasteiger partial charge on any atom is 0.362 e.